The van der Waals surface area contributed by atoms with Crippen molar-refractivity contribution in [2.45, 2.75) is 12.5 Å². The fourth-order valence-corrected chi connectivity index (χ4v) is 2.93. The molecule has 22 heavy (non-hydrogen) atoms. The summed E-state index contributed by atoms with van der Waals surface area (Å²) in [5.74, 6) is -2.86. The van der Waals surface area contributed by atoms with Crippen LogP contribution >= 0.6 is 11.6 Å². The molecule has 0 spiro atoms. The lowest BCUT2D eigenvalue weighted by Crippen LogP contribution is -2.48. The Kier molecular flexibility index (Phi) is 3.17. The Hall–Kier alpha value is -2.41. The van der Waals surface area contributed by atoms with Crippen molar-refractivity contribution in [2.75, 3.05) is 12.0 Å². The lowest BCUT2D eigenvalue weighted by molar-refractivity contribution is -0.133. The van der Waals surface area contributed by atoms with Gasteiger partial charge in [0, 0.05) is 0 Å². The predicted molar refractivity (Wildman–Crippen MR) is 78.4 cm³/mol. The fourth-order valence-electron chi connectivity index (χ4n) is 2.70. The van der Waals surface area contributed by atoms with E-state index in [1.54, 1.807) is 24.3 Å². The number of amides is 2. The summed E-state index contributed by atoms with van der Waals surface area (Å²) >= 11 is 6.07. The highest BCUT2D eigenvalue weighted by molar-refractivity contribution is 6.48. The highest BCUT2D eigenvalue weighted by atomic mass is 35.5. The van der Waals surface area contributed by atoms with E-state index in [9.17, 15) is 14.4 Å². The Bertz CT molecular complexity index is 733. The van der Waals surface area contributed by atoms with Gasteiger partial charge in [-0.05, 0) is 19.1 Å². The molecule has 8 heteroatoms. The molecule has 114 valence electrons. The number of methoxy groups -OCH3 is 1. The minimum Gasteiger partial charge on any atom is -0.464 e. The lowest BCUT2D eigenvalue weighted by atomic mass is 9.86. The summed E-state index contributed by atoms with van der Waals surface area (Å²) in [5.41, 5.74) is 1.44. The lowest BCUT2D eigenvalue weighted by Gasteiger charge is -2.20. The number of halogens is 1. The molecule has 2 atom stereocenters. The first kappa shape index (κ1) is 14.5. The maximum absolute atomic E-state index is 12.7. The average molecular weight is 322 g/mol. The van der Waals surface area contributed by atoms with Gasteiger partial charge in [0.1, 0.15) is 11.5 Å². The molecule has 0 bridgehead atoms. The molecular formula is C14H12ClN3O4. The highest BCUT2D eigenvalue weighted by Crippen LogP contribution is 2.40. The van der Waals surface area contributed by atoms with Crippen LogP contribution in [0.3, 0.4) is 0 Å². The van der Waals surface area contributed by atoms with Crippen LogP contribution in [0.5, 0.6) is 0 Å². The van der Waals surface area contributed by atoms with E-state index in [2.05, 4.69) is 15.3 Å². The maximum atomic E-state index is 12.7. The number of anilines is 1. The third-order valence-electron chi connectivity index (χ3n) is 3.86. The zero-order chi connectivity index (χ0) is 16.1. The molecule has 0 radical (unpaired) electrons. The van der Waals surface area contributed by atoms with E-state index in [0.29, 0.717) is 0 Å². The summed E-state index contributed by atoms with van der Waals surface area (Å²) < 4.78 is 4.62. The molecule has 1 N–H and O–H groups in total. The van der Waals surface area contributed by atoms with Gasteiger partial charge in [-0.1, -0.05) is 23.7 Å². The zero-order valence-electron chi connectivity index (χ0n) is 11.8. The van der Waals surface area contributed by atoms with Gasteiger partial charge in [-0.2, -0.15) is 5.10 Å². The van der Waals surface area contributed by atoms with E-state index in [4.69, 9.17) is 11.6 Å². The molecule has 0 aliphatic carbocycles. The Labute approximate surface area is 130 Å². The van der Waals surface area contributed by atoms with Gasteiger partial charge in [0.15, 0.2) is 5.71 Å². The van der Waals surface area contributed by atoms with Gasteiger partial charge in [0.25, 0.3) is 5.91 Å². The minimum absolute atomic E-state index is 0.113. The second-order valence-electron chi connectivity index (χ2n) is 5.17. The van der Waals surface area contributed by atoms with Gasteiger partial charge < -0.3 is 4.74 Å². The Morgan fingerprint density at radius 2 is 2.09 bits per heavy atom. The summed E-state index contributed by atoms with van der Waals surface area (Å²) in [5, 5.41) is 4.07. The quantitative estimate of drug-likeness (QED) is 0.640. The standard InChI is InChI=1S/C14H12ClN3O4/c1-14-9(10(16-17-14)12(20)22-2)11(19)18(13(14)21)8-6-4-3-5-7(8)15/h3-6,9,17H,1-2H3/t9-,14+/m0/s1. The van der Waals surface area contributed by atoms with Crippen molar-refractivity contribution in [3.8, 4) is 0 Å². The number of esters is 1. The van der Waals surface area contributed by atoms with Gasteiger partial charge in [-0.15, -0.1) is 0 Å². The molecule has 0 aromatic heterocycles. The van der Waals surface area contributed by atoms with Crippen molar-refractivity contribution < 1.29 is 19.1 Å². The van der Waals surface area contributed by atoms with Crippen LogP contribution in [0.15, 0.2) is 29.4 Å². The zero-order valence-corrected chi connectivity index (χ0v) is 12.5. The normalized spacial score (nSPS) is 26.6. The topological polar surface area (TPSA) is 88.1 Å². The van der Waals surface area contributed by atoms with Crippen LogP contribution in [-0.4, -0.2) is 36.1 Å². The van der Waals surface area contributed by atoms with E-state index in [-0.39, 0.29) is 16.4 Å². The predicted octanol–water partition coefficient (Wildman–Crippen LogP) is 0.720. The molecule has 2 aliphatic rings. The van der Waals surface area contributed by atoms with E-state index in [1.807, 2.05) is 0 Å². The number of ether oxygens (including phenoxy) is 1. The van der Waals surface area contributed by atoms with Gasteiger partial charge in [0.2, 0.25) is 5.91 Å². The summed E-state index contributed by atoms with van der Waals surface area (Å²) in [4.78, 5) is 38.1. The fraction of sp³-hybridized carbons (Fsp3) is 0.286. The number of hydrogen-bond donors (Lipinski definition) is 1. The van der Waals surface area contributed by atoms with Crippen LogP contribution in [0.4, 0.5) is 5.69 Å². The van der Waals surface area contributed by atoms with E-state index < -0.39 is 29.2 Å². The smallest absolute Gasteiger partial charge is 0.355 e. The van der Waals surface area contributed by atoms with Crippen LogP contribution < -0.4 is 10.3 Å². The summed E-state index contributed by atoms with van der Waals surface area (Å²) in [6.45, 7) is 1.52. The number of carbonyl (C=O) groups is 3. The number of nitrogens with zero attached hydrogens (tertiary/aromatic N) is 2. The Morgan fingerprint density at radius 1 is 1.41 bits per heavy atom. The van der Waals surface area contributed by atoms with Crippen LogP contribution in [0.1, 0.15) is 6.92 Å². The monoisotopic (exact) mass is 321 g/mol. The number of benzene rings is 1. The molecule has 7 nitrogen and oxygen atoms in total. The number of para-hydroxylation sites is 1. The number of fused-ring (bicyclic) bond motifs is 1. The van der Waals surface area contributed by atoms with Crippen LogP contribution in [0.25, 0.3) is 0 Å². The molecule has 2 heterocycles. The van der Waals surface area contributed by atoms with E-state index >= 15 is 0 Å². The molecule has 0 unspecified atom stereocenters. The first-order valence-electron chi connectivity index (χ1n) is 6.48. The summed E-state index contributed by atoms with van der Waals surface area (Å²) in [7, 11) is 1.19. The van der Waals surface area contributed by atoms with Crippen molar-refractivity contribution in [1.82, 2.24) is 5.43 Å². The molecule has 1 fully saturated rings. The number of carbonyl (C=O) groups excluding carboxylic acids is 3. The van der Waals surface area contributed by atoms with Gasteiger partial charge in [-0.25, -0.2) is 9.69 Å². The molecule has 0 saturated carbocycles. The first-order chi connectivity index (χ1) is 10.4. The van der Waals surface area contributed by atoms with Crippen molar-refractivity contribution >= 4 is 40.8 Å². The van der Waals surface area contributed by atoms with Gasteiger partial charge >= 0.3 is 5.97 Å². The molecule has 1 saturated heterocycles. The molecule has 2 amide bonds. The number of imide groups is 1. The molecular weight excluding hydrogens is 310 g/mol. The second-order valence-corrected chi connectivity index (χ2v) is 5.57. The summed E-state index contributed by atoms with van der Waals surface area (Å²) in [6, 6.07) is 6.51. The first-order valence-corrected chi connectivity index (χ1v) is 6.85. The van der Waals surface area contributed by atoms with Crippen molar-refractivity contribution in [1.29, 1.82) is 0 Å². The summed E-state index contributed by atoms with van der Waals surface area (Å²) in [6.07, 6.45) is 0. The molecule has 2 aliphatic heterocycles. The van der Waals surface area contributed by atoms with Crippen molar-refractivity contribution in [2.24, 2.45) is 11.0 Å². The van der Waals surface area contributed by atoms with E-state index in [0.717, 1.165) is 4.90 Å². The van der Waals surface area contributed by atoms with Crippen LogP contribution in [0, 0.1) is 5.92 Å². The van der Waals surface area contributed by atoms with E-state index in [1.165, 1.54) is 14.0 Å². The Morgan fingerprint density at radius 3 is 2.73 bits per heavy atom. The number of hydrogen-bond acceptors (Lipinski definition) is 6. The second kappa shape index (κ2) is 4.81. The highest BCUT2D eigenvalue weighted by Gasteiger charge is 2.63. The Balaban J connectivity index is 2.07. The molecule has 1 aromatic rings. The van der Waals surface area contributed by atoms with Crippen LogP contribution in [-0.2, 0) is 19.1 Å². The van der Waals surface area contributed by atoms with Crippen molar-refractivity contribution in [3.05, 3.63) is 29.3 Å². The minimum atomic E-state index is -1.32. The third-order valence-corrected chi connectivity index (χ3v) is 4.18. The van der Waals surface area contributed by atoms with Gasteiger partial charge in [-0.3, -0.25) is 15.0 Å². The van der Waals surface area contributed by atoms with Gasteiger partial charge in [0.05, 0.1) is 17.8 Å². The molecule has 3 rings (SSSR count). The number of nitrogens with one attached hydrogen (secondary N) is 1. The average Bonchev–Trinajstić information content (AvgIpc) is 2.95. The number of hydrazone groups is 1. The number of rotatable bonds is 2. The van der Waals surface area contributed by atoms with Crippen LogP contribution in [0.2, 0.25) is 5.02 Å². The largest absolute Gasteiger partial charge is 0.464 e. The maximum Gasteiger partial charge on any atom is 0.355 e. The third kappa shape index (κ3) is 1.75. The SMILES string of the molecule is COC(=O)C1=NN[C@@]2(C)C(=O)N(c3ccccc3Cl)C(=O)[C@H]12. The van der Waals surface area contributed by atoms with Crippen molar-refractivity contribution in [3.63, 3.8) is 0 Å². The molecule has 1 aromatic carbocycles.